The molecule has 1 aromatic heterocycles. The average molecular weight is 490 g/mol. The molecule has 4 rings (SSSR count). The molecular weight excluding hydrogens is 458 g/mol. The van der Waals surface area contributed by atoms with E-state index in [9.17, 15) is 9.59 Å². The third-order valence-electron chi connectivity index (χ3n) is 6.24. The number of fused-ring (bicyclic) bond motifs is 1. The number of anilines is 2. The molecule has 0 spiro atoms. The van der Waals surface area contributed by atoms with Crippen molar-refractivity contribution in [2.45, 2.75) is 46.1 Å². The van der Waals surface area contributed by atoms with Crippen LogP contribution in [0.3, 0.4) is 0 Å². The number of hydrogen-bond donors (Lipinski definition) is 1. The van der Waals surface area contributed by atoms with E-state index in [1.54, 1.807) is 0 Å². The standard InChI is InChI=1S/C25H32ClN3O3S/c1-16(2)32-25(31)23-18-9-8-17(3)14-21(18)33-24(23)27-22(30)15-28-10-12-29(13-11-28)20-7-5-4-6-19(20)26/h4-7,16-17H,8-15H2,1-3H3,(H,27,30). The molecule has 0 saturated carbocycles. The molecule has 2 aromatic rings. The summed E-state index contributed by atoms with van der Waals surface area (Å²) in [5, 5.41) is 4.43. The van der Waals surface area contributed by atoms with Crippen LogP contribution in [-0.2, 0) is 22.4 Å². The Morgan fingerprint density at radius 3 is 2.64 bits per heavy atom. The van der Waals surface area contributed by atoms with Gasteiger partial charge in [0.2, 0.25) is 5.91 Å². The summed E-state index contributed by atoms with van der Waals surface area (Å²) in [7, 11) is 0. The molecule has 1 aromatic carbocycles. The number of hydrogen-bond acceptors (Lipinski definition) is 6. The Hall–Kier alpha value is -2.09. The second-order valence-corrected chi connectivity index (χ2v) is 10.8. The first-order valence-corrected chi connectivity index (χ1v) is 12.9. The number of piperazine rings is 1. The number of halogens is 1. The predicted octanol–water partition coefficient (Wildman–Crippen LogP) is 4.85. The largest absolute Gasteiger partial charge is 0.459 e. The van der Waals surface area contributed by atoms with Gasteiger partial charge in [-0.2, -0.15) is 0 Å². The van der Waals surface area contributed by atoms with E-state index in [0.717, 1.165) is 61.7 Å². The second kappa shape index (κ2) is 10.5. The Morgan fingerprint density at radius 2 is 1.94 bits per heavy atom. The maximum atomic E-state index is 12.9. The SMILES string of the molecule is CC1CCc2c(sc(NC(=O)CN3CCN(c4ccccc4Cl)CC3)c2C(=O)OC(C)C)C1. The summed E-state index contributed by atoms with van der Waals surface area (Å²) in [5.41, 5.74) is 2.66. The summed E-state index contributed by atoms with van der Waals surface area (Å²) >= 11 is 7.87. The summed E-state index contributed by atoms with van der Waals surface area (Å²) in [6.45, 7) is 9.41. The Kier molecular flexibility index (Phi) is 7.62. The minimum absolute atomic E-state index is 0.0913. The monoisotopic (exact) mass is 489 g/mol. The summed E-state index contributed by atoms with van der Waals surface area (Å²) in [4.78, 5) is 31.4. The van der Waals surface area contributed by atoms with Crippen molar-refractivity contribution < 1.29 is 14.3 Å². The Morgan fingerprint density at radius 1 is 1.21 bits per heavy atom. The van der Waals surface area contributed by atoms with Gasteiger partial charge in [0.05, 0.1) is 28.9 Å². The maximum Gasteiger partial charge on any atom is 0.341 e. The van der Waals surface area contributed by atoms with Gasteiger partial charge in [0.15, 0.2) is 0 Å². The van der Waals surface area contributed by atoms with Gasteiger partial charge >= 0.3 is 5.97 Å². The van der Waals surface area contributed by atoms with Gasteiger partial charge in [0.1, 0.15) is 5.00 Å². The number of esters is 1. The third-order valence-corrected chi connectivity index (χ3v) is 7.73. The molecule has 2 heterocycles. The van der Waals surface area contributed by atoms with Crippen LogP contribution in [0.1, 0.15) is 48.0 Å². The summed E-state index contributed by atoms with van der Waals surface area (Å²) in [5.74, 6) is 0.162. The van der Waals surface area contributed by atoms with Crippen LogP contribution in [-0.4, -0.2) is 55.6 Å². The molecule has 1 amide bonds. The fraction of sp³-hybridized carbons (Fsp3) is 0.520. The van der Waals surface area contributed by atoms with E-state index in [-0.39, 0.29) is 18.0 Å². The molecule has 1 unspecified atom stereocenters. The van der Waals surface area contributed by atoms with Crippen LogP contribution >= 0.6 is 22.9 Å². The first-order chi connectivity index (χ1) is 15.8. The number of amides is 1. The van der Waals surface area contributed by atoms with Crippen LogP contribution in [0.25, 0.3) is 0 Å². The van der Waals surface area contributed by atoms with Gasteiger partial charge in [0, 0.05) is 31.1 Å². The zero-order chi connectivity index (χ0) is 23.5. The number of thiophene rings is 1. The lowest BCUT2D eigenvalue weighted by atomic mass is 9.88. The van der Waals surface area contributed by atoms with E-state index in [2.05, 4.69) is 22.0 Å². The van der Waals surface area contributed by atoms with Gasteiger partial charge in [-0.15, -0.1) is 11.3 Å². The van der Waals surface area contributed by atoms with E-state index in [1.807, 2.05) is 38.1 Å². The van der Waals surface area contributed by atoms with Crippen LogP contribution in [0.4, 0.5) is 10.7 Å². The number of carbonyl (C=O) groups is 2. The third kappa shape index (κ3) is 5.70. The van der Waals surface area contributed by atoms with Gasteiger partial charge in [0.25, 0.3) is 0 Å². The molecular formula is C25H32ClN3O3S. The van der Waals surface area contributed by atoms with Gasteiger partial charge < -0.3 is 15.0 Å². The van der Waals surface area contributed by atoms with E-state index < -0.39 is 0 Å². The van der Waals surface area contributed by atoms with Crippen molar-refractivity contribution >= 4 is 45.5 Å². The van der Waals surface area contributed by atoms with E-state index >= 15 is 0 Å². The number of nitrogens with one attached hydrogen (secondary N) is 1. The van der Waals surface area contributed by atoms with Crippen LogP contribution in [0, 0.1) is 5.92 Å². The summed E-state index contributed by atoms with van der Waals surface area (Å²) < 4.78 is 5.51. The normalized spacial score (nSPS) is 18.8. The molecule has 1 N–H and O–H groups in total. The molecule has 1 aliphatic carbocycles. The molecule has 1 atom stereocenters. The highest BCUT2D eigenvalue weighted by atomic mass is 35.5. The first-order valence-electron chi connectivity index (χ1n) is 11.7. The Bertz CT molecular complexity index is 1010. The number of nitrogens with zero attached hydrogens (tertiary/aromatic N) is 2. The molecule has 2 aliphatic rings. The topological polar surface area (TPSA) is 61.9 Å². The number of ether oxygens (including phenoxy) is 1. The predicted molar refractivity (Wildman–Crippen MR) is 135 cm³/mol. The minimum Gasteiger partial charge on any atom is -0.459 e. The van der Waals surface area contributed by atoms with E-state index in [1.165, 1.54) is 16.2 Å². The van der Waals surface area contributed by atoms with Crippen molar-refractivity contribution in [1.29, 1.82) is 0 Å². The van der Waals surface area contributed by atoms with Crippen LogP contribution in [0.2, 0.25) is 5.02 Å². The fourth-order valence-electron chi connectivity index (χ4n) is 4.55. The van der Waals surface area contributed by atoms with Crippen LogP contribution < -0.4 is 10.2 Å². The molecule has 178 valence electrons. The van der Waals surface area contributed by atoms with Crippen molar-refractivity contribution in [3.05, 3.63) is 45.3 Å². The minimum atomic E-state index is -0.333. The van der Waals surface area contributed by atoms with Crippen molar-refractivity contribution in [2.75, 3.05) is 42.9 Å². The highest BCUT2D eigenvalue weighted by Crippen LogP contribution is 2.40. The Balaban J connectivity index is 1.40. The van der Waals surface area contributed by atoms with E-state index in [0.29, 0.717) is 23.0 Å². The molecule has 8 heteroatoms. The lowest BCUT2D eigenvalue weighted by Gasteiger charge is -2.36. The zero-order valence-electron chi connectivity index (χ0n) is 19.5. The zero-order valence-corrected chi connectivity index (χ0v) is 21.1. The molecule has 1 saturated heterocycles. The Labute approximate surface area is 204 Å². The molecule has 1 fully saturated rings. The molecule has 1 aliphatic heterocycles. The maximum absolute atomic E-state index is 12.9. The van der Waals surface area contributed by atoms with Crippen LogP contribution in [0.15, 0.2) is 24.3 Å². The van der Waals surface area contributed by atoms with Gasteiger partial charge in [-0.3, -0.25) is 9.69 Å². The highest BCUT2D eigenvalue weighted by molar-refractivity contribution is 7.17. The fourth-order valence-corrected chi connectivity index (χ4v) is 6.22. The smallest absolute Gasteiger partial charge is 0.341 e. The number of carbonyl (C=O) groups excluding carboxylic acids is 2. The second-order valence-electron chi connectivity index (χ2n) is 9.27. The van der Waals surface area contributed by atoms with Crippen molar-refractivity contribution in [3.8, 4) is 0 Å². The van der Waals surface area contributed by atoms with Crippen molar-refractivity contribution in [2.24, 2.45) is 5.92 Å². The quantitative estimate of drug-likeness (QED) is 0.587. The first kappa shape index (κ1) is 24.0. The molecule has 0 bridgehead atoms. The summed E-state index contributed by atoms with van der Waals surface area (Å²) in [6.07, 6.45) is 2.65. The van der Waals surface area contributed by atoms with Crippen molar-refractivity contribution in [1.82, 2.24) is 4.90 Å². The number of para-hydroxylation sites is 1. The lowest BCUT2D eigenvalue weighted by Crippen LogP contribution is -2.48. The lowest BCUT2D eigenvalue weighted by molar-refractivity contribution is -0.117. The van der Waals surface area contributed by atoms with E-state index in [4.69, 9.17) is 16.3 Å². The molecule has 33 heavy (non-hydrogen) atoms. The molecule has 6 nitrogen and oxygen atoms in total. The highest BCUT2D eigenvalue weighted by Gasteiger charge is 2.30. The van der Waals surface area contributed by atoms with Gasteiger partial charge in [-0.05, 0) is 56.7 Å². The van der Waals surface area contributed by atoms with Crippen LogP contribution in [0.5, 0.6) is 0 Å². The van der Waals surface area contributed by atoms with Gasteiger partial charge in [-0.25, -0.2) is 4.79 Å². The average Bonchev–Trinajstić information content (AvgIpc) is 3.11. The molecule has 0 radical (unpaired) electrons. The number of rotatable bonds is 6. The van der Waals surface area contributed by atoms with Crippen molar-refractivity contribution in [3.63, 3.8) is 0 Å². The number of benzene rings is 1. The summed E-state index contributed by atoms with van der Waals surface area (Å²) in [6, 6.07) is 7.85. The van der Waals surface area contributed by atoms with Gasteiger partial charge in [-0.1, -0.05) is 30.7 Å².